The van der Waals surface area contributed by atoms with Crippen LogP contribution in [-0.2, 0) is 19.5 Å². The van der Waals surface area contributed by atoms with Gasteiger partial charge < -0.3 is 0 Å². The molecule has 0 aliphatic heterocycles. The molecule has 2 aliphatic carbocycles. The number of rotatable bonds is 2. The number of hydrogen-bond donors (Lipinski definition) is 0. The molecule has 0 spiro atoms. The van der Waals surface area contributed by atoms with Crippen LogP contribution in [0.5, 0.6) is 0 Å². The maximum atomic E-state index is 3.57. The van der Waals surface area contributed by atoms with Gasteiger partial charge in [-0.2, -0.15) is 22.3 Å². The van der Waals surface area contributed by atoms with Crippen LogP contribution in [-0.4, -0.2) is 0 Å². The first kappa shape index (κ1) is 24.6. The molecule has 0 atom stereocenters. The zero-order valence-corrected chi connectivity index (χ0v) is 21.8. The standard InChI is InChI=1S/2C12H19.Zn/c2*1-8(2)11-7-12(5,6)10(4)9(11)3;/h2*8H,1-6H3;/q2*-1;+2. The molecular weight excluding hydrogens is 354 g/mol. The zero-order chi connectivity index (χ0) is 19.0. The van der Waals surface area contributed by atoms with Crippen molar-refractivity contribution in [1.29, 1.82) is 0 Å². The van der Waals surface area contributed by atoms with Gasteiger partial charge in [0.25, 0.3) is 0 Å². The van der Waals surface area contributed by atoms with Crippen molar-refractivity contribution in [2.75, 3.05) is 0 Å². The smallest absolute Gasteiger partial charge is 0.263 e. The van der Waals surface area contributed by atoms with Crippen LogP contribution in [0.15, 0.2) is 33.4 Å². The Morgan fingerprint density at radius 1 is 0.600 bits per heavy atom. The maximum absolute atomic E-state index is 3.57. The second kappa shape index (κ2) is 8.52. The third kappa shape index (κ3) is 5.29. The summed E-state index contributed by atoms with van der Waals surface area (Å²) in [4.78, 5) is 0. The molecule has 1 heteroatoms. The third-order valence-electron chi connectivity index (χ3n) is 5.86. The minimum absolute atomic E-state index is 0. The van der Waals surface area contributed by atoms with E-state index in [1.807, 2.05) is 0 Å². The van der Waals surface area contributed by atoms with Crippen molar-refractivity contribution in [3.63, 3.8) is 0 Å². The van der Waals surface area contributed by atoms with E-state index >= 15 is 0 Å². The summed E-state index contributed by atoms with van der Waals surface area (Å²) in [7, 11) is 0. The van der Waals surface area contributed by atoms with Gasteiger partial charge in [-0.05, 0) is 0 Å². The van der Waals surface area contributed by atoms with E-state index in [-0.39, 0.29) is 30.3 Å². The number of hydrogen-bond acceptors (Lipinski definition) is 0. The van der Waals surface area contributed by atoms with Gasteiger partial charge in [0.15, 0.2) is 0 Å². The predicted molar refractivity (Wildman–Crippen MR) is 107 cm³/mol. The minimum atomic E-state index is 0. The summed E-state index contributed by atoms with van der Waals surface area (Å²) in [6, 6.07) is 0. The predicted octanol–water partition coefficient (Wildman–Crippen LogP) is 7.49. The minimum Gasteiger partial charge on any atom is -0.263 e. The molecule has 0 fully saturated rings. The average molecular weight is 392 g/mol. The third-order valence-corrected chi connectivity index (χ3v) is 5.86. The van der Waals surface area contributed by atoms with Crippen molar-refractivity contribution in [3.8, 4) is 0 Å². The summed E-state index contributed by atoms with van der Waals surface area (Å²) in [5.74, 6) is 1.23. The molecule has 0 saturated carbocycles. The van der Waals surface area contributed by atoms with E-state index in [4.69, 9.17) is 0 Å². The van der Waals surface area contributed by atoms with E-state index in [9.17, 15) is 0 Å². The topological polar surface area (TPSA) is 0 Å². The molecule has 0 N–H and O–H groups in total. The van der Waals surface area contributed by atoms with Crippen LogP contribution in [0.25, 0.3) is 0 Å². The Morgan fingerprint density at radius 2 is 0.840 bits per heavy atom. The van der Waals surface area contributed by atoms with Gasteiger partial charge in [0, 0.05) is 0 Å². The molecule has 0 aromatic carbocycles. The fourth-order valence-corrected chi connectivity index (χ4v) is 3.54. The summed E-state index contributed by atoms with van der Waals surface area (Å²) in [6.07, 6.45) is 7.14. The molecule has 0 bridgehead atoms. The van der Waals surface area contributed by atoms with Crippen LogP contribution >= 0.6 is 0 Å². The monoisotopic (exact) mass is 390 g/mol. The summed E-state index contributed by atoms with van der Waals surface area (Å²) in [5, 5.41) is 0. The second-order valence-electron chi connectivity index (χ2n) is 9.14. The van der Waals surface area contributed by atoms with Crippen molar-refractivity contribution in [2.24, 2.45) is 22.7 Å². The van der Waals surface area contributed by atoms with Gasteiger partial charge in [-0.1, -0.05) is 91.9 Å². The SMILES string of the molecule is CC1=C(C)C(C)(C)[C-]=C1C(C)C.CC1=C(C)C(C)(C)[C-]=C1C(C)C.[Zn+2]. The second-order valence-corrected chi connectivity index (χ2v) is 9.14. The first-order chi connectivity index (χ1) is 10.7. The first-order valence-corrected chi connectivity index (χ1v) is 9.39. The van der Waals surface area contributed by atoms with Crippen molar-refractivity contribution in [3.05, 3.63) is 45.6 Å². The van der Waals surface area contributed by atoms with Crippen molar-refractivity contribution in [2.45, 2.75) is 83.1 Å². The van der Waals surface area contributed by atoms with E-state index < -0.39 is 0 Å². The molecule has 0 heterocycles. The zero-order valence-electron chi connectivity index (χ0n) is 18.9. The molecular formula is C24H38Zn. The Balaban J connectivity index is 0.000000443. The largest absolute Gasteiger partial charge is 2.00 e. The molecule has 0 saturated heterocycles. The fourth-order valence-electron chi connectivity index (χ4n) is 3.54. The average Bonchev–Trinajstić information content (AvgIpc) is 2.79. The van der Waals surface area contributed by atoms with Crippen LogP contribution in [0, 0.1) is 34.8 Å². The van der Waals surface area contributed by atoms with Crippen molar-refractivity contribution >= 4 is 0 Å². The van der Waals surface area contributed by atoms with Gasteiger partial charge in [0.1, 0.15) is 0 Å². The molecule has 0 radical (unpaired) electrons. The Morgan fingerprint density at radius 3 is 0.920 bits per heavy atom. The van der Waals surface area contributed by atoms with Crippen molar-refractivity contribution in [1.82, 2.24) is 0 Å². The summed E-state index contributed by atoms with van der Waals surface area (Å²) >= 11 is 0. The molecule has 0 nitrogen and oxygen atoms in total. The van der Waals surface area contributed by atoms with Gasteiger partial charge >= 0.3 is 19.5 Å². The van der Waals surface area contributed by atoms with E-state index in [0.717, 1.165) is 0 Å². The molecule has 136 valence electrons. The van der Waals surface area contributed by atoms with Gasteiger partial charge in [-0.3, -0.25) is 12.2 Å². The Bertz CT molecular complexity index is 560. The van der Waals surface area contributed by atoms with Gasteiger partial charge in [0.2, 0.25) is 0 Å². The quantitative estimate of drug-likeness (QED) is 0.337. The van der Waals surface area contributed by atoms with Gasteiger partial charge in [-0.25, -0.2) is 11.1 Å². The van der Waals surface area contributed by atoms with Crippen LogP contribution in [0.4, 0.5) is 0 Å². The van der Waals surface area contributed by atoms with Crippen LogP contribution in [0.2, 0.25) is 0 Å². The van der Waals surface area contributed by atoms with E-state index in [0.29, 0.717) is 11.8 Å². The molecule has 25 heavy (non-hydrogen) atoms. The van der Waals surface area contributed by atoms with E-state index in [2.05, 4.69) is 95.2 Å². The first-order valence-electron chi connectivity index (χ1n) is 9.39. The van der Waals surface area contributed by atoms with E-state index in [1.54, 1.807) is 0 Å². The summed E-state index contributed by atoms with van der Waals surface area (Å²) < 4.78 is 0. The van der Waals surface area contributed by atoms with Crippen LogP contribution in [0.3, 0.4) is 0 Å². The fraction of sp³-hybridized carbons (Fsp3) is 0.667. The summed E-state index contributed by atoms with van der Waals surface area (Å²) in [5.41, 5.74) is 9.03. The molecule has 0 amide bonds. The molecule has 0 aromatic heterocycles. The summed E-state index contributed by atoms with van der Waals surface area (Å²) in [6.45, 7) is 26.8. The molecule has 2 rings (SSSR count). The maximum Gasteiger partial charge on any atom is 2.00 e. The Hall–Kier alpha value is -0.417. The van der Waals surface area contributed by atoms with Crippen molar-refractivity contribution < 1.29 is 19.5 Å². The Kier molecular flexibility index (Phi) is 8.37. The van der Waals surface area contributed by atoms with E-state index in [1.165, 1.54) is 33.4 Å². The van der Waals surface area contributed by atoms with Crippen LogP contribution < -0.4 is 0 Å². The van der Waals surface area contributed by atoms with Gasteiger partial charge in [0.05, 0.1) is 0 Å². The van der Waals surface area contributed by atoms with Crippen LogP contribution in [0.1, 0.15) is 83.1 Å². The number of allylic oxidation sites excluding steroid dienone is 8. The molecule has 0 unspecified atom stereocenters. The normalized spacial score (nSPS) is 21.2. The molecule has 0 aromatic rings. The van der Waals surface area contributed by atoms with Gasteiger partial charge in [-0.15, -0.1) is 13.8 Å². The molecule has 2 aliphatic rings. The Labute approximate surface area is 170 Å².